The highest BCUT2D eigenvalue weighted by molar-refractivity contribution is 7.98. The van der Waals surface area contributed by atoms with Crippen LogP contribution in [0.25, 0.3) is 0 Å². The molecule has 1 aromatic carbocycles. The molecule has 106 valence electrons. The zero-order chi connectivity index (χ0) is 14.7. The summed E-state index contributed by atoms with van der Waals surface area (Å²) in [5, 5.41) is 0. The number of carbonyl (C=O) groups is 1. The van der Waals surface area contributed by atoms with Crippen molar-refractivity contribution < 1.29 is 9.21 Å². The quantitative estimate of drug-likeness (QED) is 0.264. The van der Waals surface area contributed by atoms with Crippen molar-refractivity contribution in [2.45, 2.75) is 24.5 Å². The molecular formula is C14H17N3O2S. The molecular weight excluding hydrogens is 274 g/mol. The Morgan fingerprint density at radius 1 is 1.35 bits per heavy atom. The number of thioether (sulfide) groups is 1. The Morgan fingerprint density at radius 2 is 2.10 bits per heavy atom. The van der Waals surface area contributed by atoms with E-state index in [4.69, 9.17) is 16.0 Å². The molecule has 20 heavy (non-hydrogen) atoms. The number of nitrogen functional groups attached to an aromatic ring is 2. The van der Waals surface area contributed by atoms with Crippen LogP contribution in [0.5, 0.6) is 0 Å². The highest BCUT2D eigenvalue weighted by Crippen LogP contribution is 2.30. The number of hydrogen-bond donors (Lipinski definition) is 3. The lowest BCUT2D eigenvalue weighted by Gasteiger charge is -2.05. The van der Waals surface area contributed by atoms with E-state index < -0.39 is 5.91 Å². The van der Waals surface area contributed by atoms with Crippen molar-refractivity contribution in [3.63, 3.8) is 0 Å². The van der Waals surface area contributed by atoms with Crippen LogP contribution in [0.2, 0.25) is 0 Å². The van der Waals surface area contributed by atoms with E-state index in [1.807, 2.05) is 32.0 Å². The molecule has 0 aliphatic heterocycles. The number of hydrazine groups is 1. The second-order valence-corrected chi connectivity index (χ2v) is 5.51. The Hall–Kier alpha value is -1.92. The lowest BCUT2D eigenvalue weighted by atomic mass is 10.2. The molecule has 1 heterocycles. The minimum atomic E-state index is -0.431. The van der Waals surface area contributed by atoms with Gasteiger partial charge in [-0.1, -0.05) is 6.07 Å². The molecule has 0 fully saturated rings. The van der Waals surface area contributed by atoms with Crippen molar-refractivity contribution >= 4 is 23.4 Å². The van der Waals surface area contributed by atoms with Gasteiger partial charge in [-0.25, -0.2) is 5.84 Å². The van der Waals surface area contributed by atoms with Crippen molar-refractivity contribution in [2.24, 2.45) is 5.84 Å². The Labute approximate surface area is 121 Å². The normalized spacial score (nSPS) is 10.6. The SMILES string of the molecule is Cc1ccc(SCc2cc(C(=O)NN)oc2C)c(N)c1. The van der Waals surface area contributed by atoms with Crippen LogP contribution in [0.3, 0.4) is 0 Å². The molecule has 0 bridgehead atoms. The van der Waals surface area contributed by atoms with E-state index in [9.17, 15) is 4.79 Å². The van der Waals surface area contributed by atoms with Gasteiger partial charge in [0.1, 0.15) is 5.76 Å². The summed E-state index contributed by atoms with van der Waals surface area (Å²) in [5.74, 6) is 6.26. The van der Waals surface area contributed by atoms with E-state index in [1.165, 1.54) is 0 Å². The van der Waals surface area contributed by atoms with E-state index in [1.54, 1.807) is 17.8 Å². The van der Waals surface area contributed by atoms with Gasteiger partial charge in [-0.3, -0.25) is 10.2 Å². The maximum atomic E-state index is 11.4. The topological polar surface area (TPSA) is 94.3 Å². The van der Waals surface area contributed by atoms with Crippen LogP contribution in [0, 0.1) is 13.8 Å². The highest BCUT2D eigenvalue weighted by atomic mass is 32.2. The van der Waals surface area contributed by atoms with Crippen LogP contribution >= 0.6 is 11.8 Å². The summed E-state index contributed by atoms with van der Waals surface area (Å²) < 4.78 is 5.37. The van der Waals surface area contributed by atoms with Gasteiger partial charge in [-0.2, -0.15) is 0 Å². The zero-order valence-corrected chi connectivity index (χ0v) is 12.2. The first kappa shape index (κ1) is 14.5. The smallest absolute Gasteiger partial charge is 0.300 e. The number of rotatable bonds is 4. The predicted molar refractivity (Wildman–Crippen MR) is 80.3 cm³/mol. The number of anilines is 1. The summed E-state index contributed by atoms with van der Waals surface area (Å²) >= 11 is 1.61. The summed E-state index contributed by atoms with van der Waals surface area (Å²) in [4.78, 5) is 12.4. The van der Waals surface area contributed by atoms with Gasteiger partial charge in [0, 0.05) is 21.9 Å². The summed E-state index contributed by atoms with van der Waals surface area (Å²) in [5.41, 5.74) is 10.9. The van der Waals surface area contributed by atoms with Gasteiger partial charge in [0.05, 0.1) is 0 Å². The molecule has 5 N–H and O–H groups in total. The summed E-state index contributed by atoms with van der Waals surface area (Å²) in [6.07, 6.45) is 0. The molecule has 1 amide bonds. The van der Waals surface area contributed by atoms with E-state index >= 15 is 0 Å². The molecule has 2 rings (SSSR count). The number of aryl methyl sites for hydroxylation is 2. The van der Waals surface area contributed by atoms with E-state index in [0.29, 0.717) is 11.5 Å². The number of furan rings is 1. The van der Waals surface area contributed by atoms with Crippen LogP contribution < -0.4 is 17.0 Å². The van der Waals surface area contributed by atoms with Crippen LogP contribution in [-0.4, -0.2) is 5.91 Å². The predicted octanol–water partition coefficient (Wildman–Crippen LogP) is 2.37. The summed E-state index contributed by atoms with van der Waals surface area (Å²) in [7, 11) is 0. The van der Waals surface area contributed by atoms with Crippen molar-refractivity contribution in [2.75, 3.05) is 5.73 Å². The number of amides is 1. The maximum absolute atomic E-state index is 11.4. The zero-order valence-electron chi connectivity index (χ0n) is 11.4. The third-order valence-electron chi connectivity index (χ3n) is 2.92. The summed E-state index contributed by atoms with van der Waals surface area (Å²) in [6.45, 7) is 3.82. The van der Waals surface area contributed by atoms with Gasteiger partial charge >= 0.3 is 5.91 Å². The van der Waals surface area contributed by atoms with Gasteiger partial charge in [-0.05, 0) is 37.6 Å². The second-order valence-electron chi connectivity index (χ2n) is 4.50. The van der Waals surface area contributed by atoms with Gasteiger partial charge in [0.2, 0.25) is 0 Å². The first-order valence-electron chi connectivity index (χ1n) is 6.10. The fourth-order valence-corrected chi connectivity index (χ4v) is 2.79. The summed E-state index contributed by atoms with van der Waals surface area (Å²) in [6, 6.07) is 7.67. The number of nitrogens with two attached hydrogens (primary N) is 2. The average molecular weight is 291 g/mol. The molecule has 0 saturated heterocycles. The Balaban J connectivity index is 2.11. The Bertz CT molecular complexity index is 637. The van der Waals surface area contributed by atoms with E-state index in [2.05, 4.69) is 5.43 Å². The van der Waals surface area contributed by atoms with E-state index in [-0.39, 0.29) is 5.76 Å². The van der Waals surface area contributed by atoms with Gasteiger partial charge in [-0.15, -0.1) is 11.8 Å². The largest absolute Gasteiger partial charge is 0.456 e. The fourth-order valence-electron chi connectivity index (χ4n) is 1.80. The third kappa shape index (κ3) is 3.15. The van der Waals surface area contributed by atoms with Crippen LogP contribution in [0.4, 0.5) is 5.69 Å². The molecule has 0 spiro atoms. The molecule has 0 aliphatic carbocycles. The van der Waals surface area contributed by atoms with Crippen molar-refractivity contribution in [1.29, 1.82) is 0 Å². The first-order chi connectivity index (χ1) is 9.51. The van der Waals surface area contributed by atoms with Crippen LogP contribution in [-0.2, 0) is 5.75 Å². The Kier molecular flexibility index (Phi) is 4.36. The highest BCUT2D eigenvalue weighted by Gasteiger charge is 2.13. The molecule has 2 aromatic rings. The van der Waals surface area contributed by atoms with Crippen molar-refractivity contribution in [3.05, 3.63) is 46.9 Å². The molecule has 0 radical (unpaired) electrons. The minimum Gasteiger partial charge on any atom is -0.456 e. The molecule has 0 unspecified atom stereocenters. The maximum Gasteiger partial charge on any atom is 0.300 e. The molecule has 0 atom stereocenters. The lowest BCUT2D eigenvalue weighted by molar-refractivity contribution is 0.0924. The van der Waals surface area contributed by atoms with Gasteiger partial charge in [0.15, 0.2) is 5.76 Å². The monoisotopic (exact) mass is 291 g/mol. The first-order valence-corrected chi connectivity index (χ1v) is 7.09. The average Bonchev–Trinajstić information content (AvgIpc) is 2.78. The number of hydrogen-bond acceptors (Lipinski definition) is 5. The number of carbonyl (C=O) groups excluding carboxylic acids is 1. The van der Waals surface area contributed by atoms with Crippen molar-refractivity contribution in [3.8, 4) is 0 Å². The van der Waals surface area contributed by atoms with Crippen LogP contribution in [0.1, 0.15) is 27.4 Å². The number of benzene rings is 1. The number of nitrogens with one attached hydrogen (secondary N) is 1. The third-order valence-corrected chi connectivity index (χ3v) is 4.06. The second kappa shape index (κ2) is 6.02. The molecule has 6 heteroatoms. The fraction of sp³-hybridized carbons (Fsp3) is 0.214. The molecule has 5 nitrogen and oxygen atoms in total. The van der Waals surface area contributed by atoms with Crippen LogP contribution in [0.15, 0.2) is 33.6 Å². The lowest BCUT2D eigenvalue weighted by Crippen LogP contribution is -2.29. The molecule has 0 aliphatic rings. The molecule has 1 aromatic heterocycles. The van der Waals surface area contributed by atoms with E-state index in [0.717, 1.165) is 21.7 Å². The standard InChI is InChI=1S/C14H17N3O2S/c1-8-3-4-13(11(15)5-8)20-7-10-6-12(14(18)17-16)19-9(10)2/h3-6H,7,15-16H2,1-2H3,(H,17,18). The van der Waals surface area contributed by atoms with Gasteiger partial charge < -0.3 is 10.2 Å². The van der Waals surface area contributed by atoms with Crippen molar-refractivity contribution in [1.82, 2.24) is 5.43 Å². The molecule has 0 saturated carbocycles. The minimum absolute atomic E-state index is 0.220. The Morgan fingerprint density at radius 3 is 2.75 bits per heavy atom. The van der Waals surface area contributed by atoms with Gasteiger partial charge in [0.25, 0.3) is 0 Å².